The van der Waals surface area contributed by atoms with E-state index in [2.05, 4.69) is 0 Å². The summed E-state index contributed by atoms with van der Waals surface area (Å²) in [5.41, 5.74) is 0. The topological polar surface area (TPSA) is 27.7 Å². The second-order valence-electron chi connectivity index (χ2n) is 1.85. The van der Waals surface area contributed by atoms with E-state index in [1.54, 1.807) is 0 Å². The summed E-state index contributed by atoms with van der Waals surface area (Å²) in [6, 6.07) is 0. The molecule has 0 bridgehead atoms. The van der Waals surface area contributed by atoms with E-state index in [0.29, 0.717) is 6.61 Å². The summed E-state index contributed by atoms with van der Waals surface area (Å²) in [5.74, 6) is -0.0197. The van der Waals surface area contributed by atoms with Crippen LogP contribution in [0.5, 0.6) is 0 Å². The van der Waals surface area contributed by atoms with Crippen LogP contribution in [0.1, 0.15) is 6.92 Å². The Kier molecular flexibility index (Phi) is 7.63. The highest BCUT2D eigenvalue weighted by Gasteiger charge is 2.22. The minimum absolute atomic E-state index is 0.0197. The Hall–Kier alpha value is 0.750. The highest BCUT2D eigenvalue weighted by molar-refractivity contribution is 6.50. The number of ether oxygens (including phenoxy) is 3. The summed E-state index contributed by atoms with van der Waals surface area (Å²) in [4.78, 5) is 0. The lowest BCUT2D eigenvalue weighted by molar-refractivity contribution is -0.139. The smallest absolute Gasteiger partial charge is 0.233 e. The van der Waals surface area contributed by atoms with Gasteiger partial charge in [0.1, 0.15) is 6.79 Å². The van der Waals surface area contributed by atoms with Crippen molar-refractivity contribution in [1.82, 2.24) is 0 Å². The minimum Gasteiger partial charge on any atom is -0.356 e. The first-order chi connectivity index (χ1) is 5.62. The summed E-state index contributed by atoms with van der Waals surface area (Å²) in [6.07, 6.45) is 0. The van der Waals surface area contributed by atoms with Gasteiger partial charge < -0.3 is 14.2 Å². The van der Waals surface area contributed by atoms with Crippen LogP contribution >= 0.6 is 34.8 Å². The van der Waals surface area contributed by atoms with Crippen LogP contribution in [0.3, 0.4) is 0 Å². The molecule has 74 valence electrons. The van der Waals surface area contributed by atoms with Crippen LogP contribution in [0.4, 0.5) is 0 Å². The van der Waals surface area contributed by atoms with Crippen LogP contribution in [0.15, 0.2) is 0 Å². The second kappa shape index (κ2) is 7.18. The number of hydrogen-bond acceptors (Lipinski definition) is 3. The van der Waals surface area contributed by atoms with E-state index in [1.807, 2.05) is 6.92 Å². The Morgan fingerprint density at radius 3 is 2.33 bits per heavy atom. The number of halogens is 3. The number of alkyl halides is 3. The highest BCUT2D eigenvalue weighted by Crippen LogP contribution is 2.23. The molecule has 0 aliphatic carbocycles. The molecule has 0 spiro atoms. The SMILES string of the molecule is CCOCOCOC(Cl)(Cl)CCl. The summed E-state index contributed by atoms with van der Waals surface area (Å²) in [7, 11) is 0. The Labute approximate surface area is 86.8 Å². The van der Waals surface area contributed by atoms with Crippen molar-refractivity contribution in [3.8, 4) is 0 Å². The van der Waals surface area contributed by atoms with Gasteiger partial charge in [0.15, 0.2) is 6.79 Å². The third kappa shape index (κ3) is 7.40. The molecule has 0 aliphatic rings. The molecule has 12 heavy (non-hydrogen) atoms. The van der Waals surface area contributed by atoms with E-state index < -0.39 is 4.52 Å². The van der Waals surface area contributed by atoms with Gasteiger partial charge in [0.2, 0.25) is 4.52 Å². The van der Waals surface area contributed by atoms with Gasteiger partial charge in [0, 0.05) is 6.61 Å². The zero-order valence-corrected chi connectivity index (χ0v) is 8.95. The van der Waals surface area contributed by atoms with Crippen molar-refractivity contribution < 1.29 is 14.2 Å². The first-order valence-corrected chi connectivity index (χ1v) is 4.64. The predicted molar refractivity (Wildman–Crippen MR) is 48.7 cm³/mol. The largest absolute Gasteiger partial charge is 0.356 e. The van der Waals surface area contributed by atoms with Crippen LogP contribution in [-0.2, 0) is 14.2 Å². The van der Waals surface area contributed by atoms with Crippen molar-refractivity contribution >= 4 is 34.8 Å². The minimum atomic E-state index is -1.38. The molecular formula is C6H11Cl3O3. The lowest BCUT2D eigenvalue weighted by Crippen LogP contribution is -2.22. The summed E-state index contributed by atoms with van der Waals surface area (Å²) >= 11 is 16.4. The Bertz CT molecular complexity index is 110. The fourth-order valence-corrected chi connectivity index (χ4v) is 0.509. The van der Waals surface area contributed by atoms with E-state index in [9.17, 15) is 0 Å². The highest BCUT2D eigenvalue weighted by atomic mass is 35.5. The molecule has 0 saturated carbocycles. The Balaban J connectivity index is 3.19. The summed E-state index contributed by atoms with van der Waals surface area (Å²) < 4.78 is 13.1. The van der Waals surface area contributed by atoms with Crippen molar-refractivity contribution in [2.45, 2.75) is 11.4 Å². The van der Waals surface area contributed by atoms with Crippen LogP contribution < -0.4 is 0 Å². The van der Waals surface area contributed by atoms with E-state index in [-0.39, 0.29) is 19.5 Å². The molecule has 3 nitrogen and oxygen atoms in total. The fraction of sp³-hybridized carbons (Fsp3) is 1.00. The van der Waals surface area contributed by atoms with Gasteiger partial charge in [-0.3, -0.25) is 0 Å². The average molecular weight is 238 g/mol. The lowest BCUT2D eigenvalue weighted by atomic mass is 10.8. The molecule has 0 rings (SSSR count). The van der Waals surface area contributed by atoms with Gasteiger partial charge in [-0.1, -0.05) is 23.2 Å². The normalized spacial score (nSPS) is 12.0. The average Bonchev–Trinajstić information content (AvgIpc) is 2.04. The van der Waals surface area contributed by atoms with Crippen molar-refractivity contribution in [1.29, 1.82) is 0 Å². The molecule has 6 heteroatoms. The number of rotatable bonds is 7. The predicted octanol–water partition coefficient (Wildman–Crippen LogP) is 2.34. The van der Waals surface area contributed by atoms with Gasteiger partial charge in [-0.05, 0) is 6.92 Å². The molecule has 0 amide bonds. The molecule has 0 fully saturated rings. The molecule has 0 aromatic carbocycles. The van der Waals surface area contributed by atoms with Gasteiger partial charge in [0.05, 0.1) is 5.88 Å². The monoisotopic (exact) mass is 236 g/mol. The third-order valence-electron chi connectivity index (χ3n) is 0.880. The third-order valence-corrected chi connectivity index (χ3v) is 2.02. The second-order valence-corrected chi connectivity index (χ2v) is 3.53. The van der Waals surface area contributed by atoms with Gasteiger partial charge in [0.25, 0.3) is 0 Å². The molecule has 0 saturated heterocycles. The van der Waals surface area contributed by atoms with E-state index >= 15 is 0 Å². The lowest BCUT2D eigenvalue weighted by Gasteiger charge is -2.16. The van der Waals surface area contributed by atoms with Crippen molar-refractivity contribution in [2.24, 2.45) is 0 Å². The van der Waals surface area contributed by atoms with Crippen LogP contribution in [-0.4, -0.2) is 30.6 Å². The van der Waals surface area contributed by atoms with Gasteiger partial charge in [-0.25, -0.2) is 0 Å². The molecule has 0 aromatic rings. The maximum absolute atomic E-state index is 5.52. The Morgan fingerprint density at radius 2 is 1.83 bits per heavy atom. The molecule has 0 radical (unpaired) electrons. The standard InChI is InChI=1S/C6H11Cl3O3/c1-2-10-4-11-5-12-6(8,9)3-7/h2-5H2,1H3. The number of hydrogen-bond donors (Lipinski definition) is 0. The maximum atomic E-state index is 5.52. The van der Waals surface area contributed by atoms with E-state index in [4.69, 9.17) is 49.0 Å². The molecular weight excluding hydrogens is 226 g/mol. The summed E-state index contributed by atoms with van der Waals surface area (Å²) in [6.45, 7) is 2.56. The molecule has 0 unspecified atom stereocenters. The molecule has 0 N–H and O–H groups in total. The van der Waals surface area contributed by atoms with E-state index in [0.717, 1.165) is 0 Å². The molecule has 0 aromatic heterocycles. The van der Waals surface area contributed by atoms with Gasteiger partial charge in [-0.15, -0.1) is 11.6 Å². The zero-order chi connectivity index (χ0) is 9.45. The quantitative estimate of drug-likeness (QED) is 0.386. The first kappa shape index (κ1) is 12.8. The van der Waals surface area contributed by atoms with Crippen molar-refractivity contribution in [3.05, 3.63) is 0 Å². The summed E-state index contributed by atoms with van der Waals surface area (Å²) in [5, 5.41) is 0. The molecule has 0 atom stereocenters. The van der Waals surface area contributed by atoms with Crippen LogP contribution in [0, 0.1) is 0 Å². The molecule has 0 aliphatic heterocycles. The Morgan fingerprint density at radius 1 is 1.17 bits per heavy atom. The van der Waals surface area contributed by atoms with Gasteiger partial charge in [-0.2, -0.15) is 0 Å². The zero-order valence-electron chi connectivity index (χ0n) is 6.69. The van der Waals surface area contributed by atoms with Crippen molar-refractivity contribution in [2.75, 3.05) is 26.1 Å². The first-order valence-electron chi connectivity index (χ1n) is 3.35. The fourth-order valence-electron chi connectivity index (χ4n) is 0.343. The van der Waals surface area contributed by atoms with Crippen molar-refractivity contribution in [3.63, 3.8) is 0 Å². The maximum Gasteiger partial charge on any atom is 0.233 e. The van der Waals surface area contributed by atoms with Crippen LogP contribution in [0.2, 0.25) is 0 Å². The van der Waals surface area contributed by atoms with Gasteiger partial charge >= 0.3 is 0 Å². The van der Waals surface area contributed by atoms with Crippen LogP contribution in [0.25, 0.3) is 0 Å². The molecule has 0 heterocycles. The van der Waals surface area contributed by atoms with E-state index in [1.165, 1.54) is 0 Å².